The molecule has 24 heavy (non-hydrogen) atoms. The van der Waals surface area contributed by atoms with Crippen LogP contribution in [0.1, 0.15) is 11.1 Å². The minimum atomic E-state index is -0.119. The summed E-state index contributed by atoms with van der Waals surface area (Å²) in [5.41, 5.74) is 2.08. The number of hydrogen-bond acceptors (Lipinski definition) is 4. The van der Waals surface area contributed by atoms with E-state index in [1.54, 1.807) is 31.5 Å². The number of ether oxygens (including phenoxy) is 2. The van der Waals surface area contributed by atoms with E-state index in [2.05, 4.69) is 10.3 Å². The van der Waals surface area contributed by atoms with Gasteiger partial charge < -0.3 is 19.7 Å². The van der Waals surface area contributed by atoms with Crippen LogP contribution < -0.4 is 14.8 Å². The zero-order valence-electron chi connectivity index (χ0n) is 13.9. The molecule has 0 fully saturated rings. The van der Waals surface area contributed by atoms with Gasteiger partial charge in [0.25, 0.3) is 0 Å². The van der Waals surface area contributed by atoms with Gasteiger partial charge in [0.1, 0.15) is 6.61 Å². The molecule has 1 N–H and O–H groups in total. The van der Waals surface area contributed by atoms with Gasteiger partial charge in [-0.15, -0.1) is 0 Å². The van der Waals surface area contributed by atoms with E-state index in [1.807, 2.05) is 30.3 Å². The molecule has 0 aliphatic carbocycles. The summed E-state index contributed by atoms with van der Waals surface area (Å²) in [4.78, 5) is 18.0. The lowest BCUT2D eigenvalue weighted by Gasteiger charge is -2.29. The highest BCUT2D eigenvalue weighted by Gasteiger charge is 2.24. The Balaban J connectivity index is 1.59. The second-order valence-corrected chi connectivity index (χ2v) is 5.82. The summed E-state index contributed by atoms with van der Waals surface area (Å²) in [6.45, 7) is 0.967. The second-order valence-electron chi connectivity index (χ2n) is 5.82. The van der Waals surface area contributed by atoms with E-state index in [4.69, 9.17) is 9.47 Å². The van der Waals surface area contributed by atoms with Crippen LogP contribution in [0.4, 0.5) is 4.79 Å². The number of aromatic nitrogens is 1. The van der Waals surface area contributed by atoms with E-state index in [0.717, 1.165) is 29.0 Å². The molecule has 1 aromatic heterocycles. The van der Waals surface area contributed by atoms with Crippen molar-refractivity contribution in [3.05, 3.63) is 53.9 Å². The van der Waals surface area contributed by atoms with Crippen molar-refractivity contribution in [1.29, 1.82) is 0 Å². The monoisotopic (exact) mass is 327 g/mol. The van der Waals surface area contributed by atoms with Crippen molar-refractivity contribution in [2.75, 3.05) is 20.8 Å². The Morgan fingerprint density at radius 1 is 1.38 bits per heavy atom. The Bertz CT molecular complexity index is 706. The highest BCUT2D eigenvalue weighted by molar-refractivity contribution is 5.74. The summed E-state index contributed by atoms with van der Waals surface area (Å²) in [5.74, 6) is 1.50. The minimum Gasteiger partial charge on any atom is -0.493 e. The van der Waals surface area contributed by atoms with Gasteiger partial charge in [0.05, 0.1) is 13.2 Å². The van der Waals surface area contributed by atoms with Crippen molar-refractivity contribution in [2.24, 2.45) is 0 Å². The maximum absolute atomic E-state index is 12.4. The van der Waals surface area contributed by atoms with E-state index in [1.165, 1.54) is 0 Å². The van der Waals surface area contributed by atoms with Crippen LogP contribution in [-0.4, -0.2) is 42.7 Å². The number of nitrogens with one attached hydrogen (secondary N) is 1. The van der Waals surface area contributed by atoms with E-state index in [9.17, 15) is 4.79 Å². The zero-order valence-corrected chi connectivity index (χ0v) is 13.9. The number of para-hydroxylation sites is 1. The summed E-state index contributed by atoms with van der Waals surface area (Å²) in [6.07, 6.45) is 4.17. The first-order valence-electron chi connectivity index (χ1n) is 7.86. The SMILES string of the molecule is COc1cccc2c1OC[C@@H](NC(=O)N(C)Cc1ccncc1)C2. The molecule has 2 amide bonds. The molecule has 2 heterocycles. The molecule has 0 unspecified atom stereocenters. The number of carbonyl (C=O) groups excluding carboxylic acids is 1. The van der Waals surface area contributed by atoms with Gasteiger partial charge in [-0.3, -0.25) is 4.98 Å². The Morgan fingerprint density at radius 2 is 2.17 bits per heavy atom. The van der Waals surface area contributed by atoms with Gasteiger partial charge in [-0.1, -0.05) is 12.1 Å². The molecule has 1 aromatic carbocycles. The van der Waals surface area contributed by atoms with Crippen molar-refractivity contribution >= 4 is 6.03 Å². The first-order valence-corrected chi connectivity index (χ1v) is 7.86. The standard InChI is InChI=1S/C18H21N3O3/c1-21(11-13-6-8-19-9-7-13)18(22)20-15-10-14-4-3-5-16(23-2)17(14)24-12-15/h3-9,15H,10-12H2,1-2H3,(H,20,22)/t15-/m0/s1. The number of methoxy groups -OCH3 is 1. The number of rotatable bonds is 4. The fourth-order valence-corrected chi connectivity index (χ4v) is 2.77. The van der Waals surface area contributed by atoms with Crippen LogP contribution in [0.25, 0.3) is 0 Å². The van der Waals surface area contributed by atoms with Crippen LogP contribution >= 0.6 is 0 Å². The molecule has 1 aliphatic rings. The van der Waals surface area contributed by atoms with Crippen LogP contribution in [0.3, 0.4) is 0 Å². The van der Waals surface area contributed by atoms with E-state index >= 15 is 0 Å². The molecule has 6 nitrogen and oxygen atoms in total. The van der Waals surface area contributed by atoms with Crippen molar-refractivity contribution in [2.45, 2.75) is 19.0 Å². The molecule has 3 rings (SSSR count). The smallest absolute Gasteiger partial charge is 0.317 e. The van der Waals surface area contributed by atoms with Crippen molar-refractivity contribution in [3.8, 4) is 11.5 Å². The zero-order chi connectivity index (χ0) is 16.9. The molecule has 126 valence electrons. The summed E-state index contributed by atoms with van der Waals surface area (Å²) in [5, 5.41) is 3.02. The van der Waals surface area contributed by atoms with Gasteiger partial charge in [0.2, 0.25) is 0 Å². The number of hydrogen-bond donors (Lipinski definition) is 1. The van der Waals surface area contributed by atoms with Crippen LogP contribution in [-0.2, 0) is 13.0 Å². The molecule has 0 spiro atoms. The number of fused-ring (bicyclic) bond motifs is 1. The third-order valence-corrected chi connectivity index (χ3v) is 4.02. The van der Waals surface area contributed by atoms with Gasteiger partial charge in [0.15, 0.2) is 11.5 Å². The third kappa shape index (κ3) is 3.59. The normalized spacial score (nSPS) is 15.8. The number of benzene rings is 1. The summed E-state index contributed by atoms with van der Waals surface area (Å²) in [7, 11) is 3.40. The van der Waals surface area contributed by atoms with Gasteiger partial charge in [-0.05, 0) is 30.2 Å². The Kier molecular flexibility index (Phi) is 4.84. The highest BCUT2D eigenvalue weighted by Crippen LogP contribution is 2.34. The number of carbonyl (C=O) groups is 1. The molecule has 6 heteroatoms. The lowest BCUT2D eigenvalue weighted by atomic mass is 10.0. The Labute approximate surface area is 141 Å². The molecule has 0 radical (unpaired) electrons. The maximum atomic E-state index is 12.4. The largest absolute Gasteiger partial charge is 0.493 e. The number of pyridine rings is 1. The van der Waals surface area contributed by atoms with Gasteiger partial charge in [0, 0.05) is 31.5 Å². The Morgan fingerprint density at radius 3 is 2.92 bits per heavy atom. The second kappa shape index (κ2) is 7.21. The van der Waals surface area contributed by atoms with E-state index < -0.39 is 0 Å². The molecule has 0 saturated heterocycles. The lowest BCUT2D eigenvalue weighted by molar-refractivity contribution is 0.186. The van der Waals surface area contributed by atoms with Crippen LogP contribution in [0.2, 0.25) is 0 Å². The fourth-order valence-electron chi connectivity index (χ4n) is 2.77. The molecule has 0 bridgehead atoms. The van der Waals surface area contributed by atoms with E-state index in [0.29, 0.717) is 13.2 Å². The summed E-state index contributed by atoms with van der Waals surface area (Å²) < 4.78 is 11.1. The number of urea groups is 1. The predicted octanol–water partition coefficient (Wildman–Crippen LogP) is 2.24. The average Bonchev–Trinajstić information content (AvgIpc) is 2.61. The van der Waals surface area contributed by atoms with Gasteiger partial charge in [-0.2, -0.15) is 0 Å². The van der Waals surface area contributed by atoms with Crippen molar-refractivity contribution in [3.63, 3.8) is 0 Å². The lowest BCUT2D eigenvalue weighted by Crippen LogP contribution is -2.47. The number of nitrogens with zero attached hydrogens (tertiary/aromatic N) is 2. The first kappa shape index (κ1) is 16.1. The van der Waals surface area contributed by atoms with Crippen LogP contribution in [0.15, 0.2) is 42.7 Å². The Hall–Kier alpha value is -2.76. The fraction of sp³-hybridized carbons (Fsp3) is 0.333. The van der Waals surface area contributed by atoms with E-state index in [-0.39, 0.29) is 12.1 Å². The van der Waals surface area contributed by atoms with Crippen LogP contribution in [0, 0.1) is 0 Å². The van der Waals surface area contributed by atoms with Gasteiger partial charge >= 0.3 is 6.03 Å². The molecular formula is C18H21N3O3. The van der Waals surface area contributed by atoms with Crippen LogP contribution in [0.5, 0.6) is 11.5 Å². The van der Waals surface area contributed by atoms with Gasteiger partial charge in [-0.25, -0.2) is 4.79 Å². The molecule has 1 aliphatic heterocycles. The minimum absolute atomic E-state index is 0.0583. The van der Waals surface area contributed by atoms with Crippen molar-refractivity contribution in [1.82, 2.24) is 15.2 Å². The molecular weight excluding hydrogens is 306 g/mol. The summed E-state index contributed by atoms with van der Waals surface area (Å²) in [6, 6.07) is 9.42. The quantitative estimate of drug-likeness (QED) is 0.935. The highest BCUT2D eigenvalue weighted by atomic mass is 16.5. The topological polar surface area (TPSA) is 63.7 Å². The molecule has 2 aromatic rings. The first-order chi connectivity index (χ1) is 11.7. The maximum Gasteiger partial charge on any atom is 0.317 e. The average molecular weight is 327 g/mol. The predicted molar refractivity (Wildman–Crippen MR) is 90.2 cm³/mol. The number of amides is 2. The summed E-state index contributed by atoms with van der Waals surface area (Å²) >= 11 is 0. The molecule has 0 saturated carbocycles. The van der Waals surface area contributed by atoms with Crippen molar-refractivity contribution < 1.29 is 14.3 Å². The third-order valence-electron chi connectivity index (χ3n) is 4.02. The molecule has 1 atom stereocenters.